The first-order valence-electron chi connectivity index (χ1n) is 7.71. The van der Waals surface area contributed by atoms with Crippen LogP contribution in [0.3, 0.4) is 0 Å². The van der Waals surface area contributed by atoms with E-state index in [-0.39, 0.29) is 12.5 Å². The lowest BCUT2D eigenvalue weighted by atomic mass is 10.2. The number of hydrazone groups is 1. The van der Waals surface area contributed by atoms with E-state index in [0.29, 0.717) is 18.1 Å². The van der Waals surface area contributed by atoms with Gasteiger partial charge in [0.1, 0.15) is 11.5 Å². The van der Waals surface area contributed by atoms with Gasteiger partial charge in [-0.25, -0.2) is 5.43 Å². The molecule has 1 N–H and O–H groups in total. The van der Waals surface area contributed by atoms with E-state index in [2.05, 4.69) is 42.4 Å². The molecule has 0 radical (unpaired) electrons. The average Bonchev–Trinajstić information content (AvgIpc) is 2.60. The first kappa shape index (κ1) is 19.5. The molecule has 0 aliphatic rings. The average molecular weight is 470 g/mol. The topological polar surface area (TPSA) is 59.9 Å². The van der Waals surface area contributed by atoms with Crippen LogP contribution in [0.25, 0.3) is 0 Å². The number of rotatable bonds is 8. The number of nitrogens with one attached hydrogen (secondary N) is 1. The number of hydrogen-bond acceptors (Lipinski definition) is 4. The van der Waals surface area contributed by atoms with E-state index < -0.39 is 0 Å². The van der Waals surface area contributed by atoms with Crippen LogP contribution < -0.4 is 14.9 Å². The molecule has 5 nitrogen and oxygen atoms in total. The Balaban J connectivity index is 1.90. The fourth-order valence-corrected chi connectivity index (χ4v) is 2.65. The maximum atomic E-state index is 11.8. The molecular formula is C18H18Br2N2O3. The van der Waals surface area contributed by atoms with Crippen LogP contribution in [0.15, 0.2) is 56.5 Å². The molecule has 132 valence electrons. The van der Waals surface area contributed by atoms with Gasteiger partial charge in [0.05, 0.1) is 17.3 Å². The van der Waals surface area contributed by atoms with E-state index in [1.165, 1.54) is 0 Å². The molecule has 0 bridgehead atoms. The fraction of sp³-hybridized carbons (Fsp3) is 0.222. The van der Waals surface area contributed by atoms with Gasteiger partial charge in [0.2, 0.25) is 0 Å². The summed E-state index contributed by atoms with van der Waals surface area (Å²) >= 11 is 6.77. The number of halogens is 2. The van der Waals surface area contributed by atoms with Crippen molar-refractivity contribution < 1.29 is 14.3 Å². The maximum absolute atomic E-state index is 11.8. The molecule has 0 fully saturated rings. The number of nitrogens with zero attached hydrogens (tertiary/aromatic N) is 1. The second kappa shape index (κ2) is 10.2. The van der Waals surface area contributed by atoms with Gasteiger partial charge in [-0.1, -0.05) is 35.0 Å². The van der Waals surface area contributed by atoms with E-state index in [1.807, 2.05) is 43.3 Å². The van der Waals surface area contributed by atoms with Gasteiger partial charge in [-0.05, 0) is 52.7 Å². The molecule has 2 rings (SSSR count). The molecule has 7 heteroatoms. The minimum absolute atomic E-state index is 0.127. The zero-order chi connectivity index (χ0) is 18.1. The molecule has 1 amide bonds. The second-order valence-electron chi connectivity index (χ2n) is 5.04. The third kappa shape index (κ3) is 6.51. The summed E-state index contributed by atoms with van der Waals surface area (Å²) in [5.41, 5.74) is 3.22. The van der Waals surface area contributed by atoms with Crippen molar-refractivity contribution >= 4 is 44.0 Å². The molecule has 2 aromatic carbocycles. The standard InChI is InChI=1S/C18H18Br2N2O3/c1-2-9-24-16-8-7-14(19)10-13(16)11-21-22-18(23)12-25-17-6-4-3-5-15(17)20/h3-8,10-11H,2,9,12H2,1H3,(H,22,23)/b21-11+. The highest BCUT2D eigenvalue weighted by Gasteiger charge is 2.05. The van der Waals surface area contributed by atoms with Crippen LogP contribution in [-0.2, 0) is 4.79 Å². The molecule has 0 aliphatic heterocycles. The predicted octanol–water partition coefficient (Wildman–Crippen LogP) is 4.53. The van der Waals surface area contributed by atoms with Crippen LogP contribution in [0.1, 0.15) is 18.9 Å². The SMILES string of the molecule is CCCOc1ccc(Br)cc1/C=N/NC(=O)COc1ccccc1Br. The Morgan fingerprint density at radius 1 is 1.16 bits per heavy atom. The molecule has 0 aromatic heterocycles. The summed E-state index contributed by atoms with van der Waals surface area (Å²) < 4.78 is 12.8. The zero-order valence-corrected chi connectivity index (χ0v) is 16.8. The lowest BCUT2D eigenvalue weighted by molar-refractivity contribution is -0.123. The second-order valence-corrected chi connectivity index (χ2v) is 6.81. The minimum atomic E-state index is -0.349. The number of carbonyl (C=O) groups excluding carboxylic acids is 1. The Kier molecular flexibility index (Phi) is 7.94. The summed E-state index contributed by atoms with van der Waals surface area (Å²) in [4.78, 5) is 11.8. The van der Waals surface area contributed by atoms with Crippen LogP contribution in [0.4, 0.5) is 0 Å². The van der Waals surface area contributed by atoms with E-state index in [1.54, 1.807) is 12.3 Å². The highest BCUT2D eigenvalue weighted by atomic mass is 79.9. The van der Waals surface area contributed by atoms with Gasteiger partial charge in [0.25, 0.3) is 5.91 Å². The quantitative estimate of drug-likeness (QED) is 0.456. The van der Waals surface area contributed by atoms with Gasteiger partial charge in [-0.2, -0.15) is 5.10 Å². The van der Waals surface area contributed by atoms with Gasteiger partial charge in [0, 0.05) is 10.0 Å². The summed E-state index contributed by atoms with van der Waals surface area (Å²) in [6, 6.07) is 13.0. The van der Waals surface area contributed by atoms with Crippen molar-refractivity contribution in [3.63, 3.8) is 0 Å². The van der Waals surface area contributed by atoms with Crippen molar-refractivity contribution in [3.05, 3.63) is 57.0 Å². The Labute approximate surface area is 163 Å². The van der Waals surface area contributed by atoms with Gasteiger partial charge in [-0.3, -0.25) is 4.79 Å². The lowest BCUT2D eigenvalue weighted by Crippen LogP contribution is -2.24. The van der Waals surface area contributed by atoms with Crippen molar-refractivity contribution in [1.29, 1.82) is 0 Å². The van der Waals surface area contributed by atoms with Crippen molar-refractivity contribution in [2.24, 2.45) is 5.10 Å². The molecular weight excluding hydrogens is 452 g/mol. The Bertz CT molecular complexity index is 751. The van der Waals surface area contributed by atoms with Crippen molar-refractivity contribution in [2.75, 3.05) is 13.2 Å². The number of hydrogen-bond donors (Lipinski definition) is 1. The Hall–Kier alpha value is -1.86. The minimum Gasteiger partial charge on any atom is -0.493 e. The molecule has 0 aliphatic carbocycles. The van der Waals surface area contributed by atoms with Crippen molar-refractivity contribution in [3.8, 4) is 11.5 Å². The molecule has 0 spiro atoms. The summed E-state index contributed by atoms with van der Waals surface area (Å²) in [7, 11) is 0. The molecule has 2 aromatic rings. The molecule has 0 saturated heterocycles. The highest BCUT2D eigenvalue weighted by molar-refractivity contribution is 9.10. The smallest absolute Gasteiger partial charge is 0.277 e. The molecule has 0 atom stereocenters. The normalized spacial score (nSPS) is 10.7. The predicted molar refractivity (Wildman–Crippen MR) is 105 cm³/mol. The largest absolute Gasteiger partial charge is 0.493 e. The number of para-hydroxylation sites is 1. The van der Waals surface area contributed by atoms with Crippen LogP contribution in [0.2, 0.25) is 0 Å². The summed E-state index contributed by atoms with van der Waals surface area (Å²) in [5.74, 6) is 0.967. The van der Waals surface area contributed by atoms with Crippen LogP contribution in [0.5, 0.6) is 11.5 Å². The summed E-state index contributed by atoms with van der Waals surface area (Å²) in [6.07, 6.45) is 2.46. The number of carbonyl (C=O) groups is 1. The van der Waals surface area contributed by atoms with Crippen LogP contribution in [0, 0.1) is 0 Å². The Morgan fingerprint density at radius 3 is 2.72 bits per heavy atom. The number of ether oxygens (including phenoxy) is 2. The first-order valence-corrected chi connectivity index (χ1v) is 9.30. The molecule has 0 unspecified atom stereocenters. The van der Waals surface area contributed by atoms with E-state index in [0.717, 1.165) is 20.9 Å². The number of amides is 1. The lowest BCUT2D eigenvalue weighted by Gasteiger charge is -2.08. The van der Waals surface area contributed by atoms with Crippen molar-refractivity contribution in [1.82, 2.24) is 5.43 Å². The van der Waals surface area contributed by atoms with E-state index in [4.69, 9.17) is 9.47 Å². The molecule has 0 saturated carbocycles. The molecule has 25 heavy (non-hydrogen) atoms. The number of benzene rings is 2. The van der Waals surface area contributed by atoms with Crippen molar-refractivity contribution in [2.45, 2.75) is 13.3 Å². The van der Waals surface area contributed by atoms with Crippen LogP contribution >= 0.6 is 31.9 Å². The highest BCUT2D eigenvalue weighted by Crippen LogP contribution is 2.23. The first-order chi connectivity index (χ1) is 12.1. The zero-order valence-electron chi connectivity index (χ0n) is 13.7. The van der Waals surface area contributed by atoms with Gasteiger partial charge in [-0.15, -0.1) is 0 Å². The van der Waals surface area contributed by atoms with Gasteiger partial charge in [0.15, 0.2) is 6.61 Å². The molecule has 0 heterocycles. The van der Waals surface area contributed by atoms with E-state index in [9.17, 15) is 4.79 Å². The monoisotopic (exact) mass is 468 g/mol. The maximum Gasteiger partial charge on any atom is 0.277 e. The van der Waals surface area contributed by atoms with Crippen LogP contribution in [-0.4, -0.2) is 25.3 Å². The third-order valence-corrected chi connectivity index (χ3v) is 4.17. The third-order valence-electron chi connectivity index (χ3n) is 3.02. The summed E-state index contributed by atoms with van der Waals surface area (Å²) in [5, 5.41) is 3.97. The van der Waals surface area contributed by atoms with Gasteiger partial charge < -0.3 is 9.47 Å². The fourth-order valence-electron chi connectivity index (χ4n) is 1.87. The van der Waals surface area contributed by atoms with E-state index >= 15 is 0 Å². The Morgan fingerprint density at radius 2 is 1.96 bits per heavy atom. The van der Waals surface area contributed by atoms with Gasteiger partial charge >= 0.3 is 0 Å². The summed E-state index contributed by atoms with van der Waals surface area (Å²) in [6.45, 7) is 2.53.